The van der Waals surface area contributed by atoms with E-state index in [9.17, 15) is 9.59 Å². The average molecular weight is 888 g/mol. The molecule has 11 aliphatic carbocycles. The van der Waals surface area contributed by atoms with Gasteiger partial charge in [-0.3, -0.25) is 9.59 Å². The summed E-state index contributed by atoms with van der Waals surface area (Å²) in [4.78, 5) is 22.6. The lowest BCUT2D eigenvalue weighted by molar-refractivity contribution is -0.143. The van der Waals surface area contributed by atoms with Crippen molar-refractivity contribution >= 4 is 11.8 Å². The molecule has 12 fully saturated rings. The van der Waals surface area contributed by atoms with Gasteiger partial charge in [-0.2, -0.15) is 0 Å². The normalized spacial score (nSPS) is 31.4. The molecule has 4 unspecified atom stereocenters. The van der Waals surface area contributed by atoms with Crippen molar-refractivity contribution < 1.29 is 14.3 Å². The van der Waals surface area contributed by atoms with Crippen LogP contribution < -0.4 is 0 Å². The van der Waals surface area contributed by atoms with Crippen molar-refractivity contribution in [3.8, 4) is 0 Å². The van der Waals surface area contributed by atoms with Crippen LogP contribution in [0.5, 0.6) is 0 Å². The third kappa shape index (κ3) is 25.2. The van der Waals surface area contributed by atoms with E-state index in [1.807, 2.05) is 175 Å². The number of hydrogen-bond donors (Lipinski definition) is 0. The van der Waals surface area contributed by atoms with Gasteiger partial charge in [0.2, 0.25) is 0 Å². The Balaban J connectivity index is -0.000000318. The van der Waals surface area contributed by atoms with Gasteiger partial charge in [0.25, 0.3) is 0 Å². The first-order chi connectivity index (χ1) is 31.1. The summed E-state index contributed by atoms with van der Waals surface area (Å²) in [6.45, 7) is 40.0. The van der Waals surface area contributed by atoms with E-state index < -0.39 is 0 Å². The molecule has 0 aromatic heterocycles. The highest BCUT2D eigenvalue weighted by Gasteiger charge is 2.56. The van der Waals surface area contributed by atoms with Crippen molar-refractivity contribution in [1.82, 2.24) is 0 Å². The Morgan fingerprint density at radius 3 is 0.778 bits per heavy atom. The van der Waals surface area contributed by atoms with Gasteiger partial charge in [0, 0.05) is 17.8 Å². The summed E-state index contributed by atoms with van der Waals surface area (Å²) in [5.74, 6) is 10.1. The molecular weight excluding hydrogens is 769 g/mol. The number of Topliss-reactive ketones (excluding diaryl/α,β-unsaturated/α-hetero) is 1. The Morgan fingerprint density at radius 2 is 0.556 bits per heavy atom. The van der Waals surface area contributed by atoms with E-state index >= 15 is 0 Å². The number of carbonyl (C=O) groups excluding carboxylic acids is 2. The highest BCUT2D eigenvalue weighted by molar-refractivity contribution is 5.85. The molecule has 1 aromatic carbocycles. The zero-order chi connectivity index (χ0) is 49.2. The summed E-state index contributed by atoms with van der Waals surface area (Å²) in [5.41, 5.74) is 0. The second-order valence-corrected chi connectivity index (χ2v) is 16.7. The molecule has 0 spiro atoms. The smallest absolute Gasteiger partial charge is 0.309 e. The minimum Gasteiger partial charge on any atom is -0.462 e. The van der Waals surface area contributed by atoms with E-state index in [1.54, 1.807) is 38.5 Å². The lowest BCUT2D eigenvalue weighted by atomic mass is 9.56. The van der Waals surface area contributed by atoms with Gasteiger partial charge in [-0.25, -0.2) is 0 Å². The van der Waals surface area contributed by atoms with Crippen LogP contribution in [-0.4, -0.2) is 17.9 Å². The van der Waals surface area contributed by atoms with E-state index in [2.05, 4.69) is 0 Å². The molecule has 1 aromatic rings. The number of esters is 1. The highest BCUT2D eigenvalue weighted by atomic mass is 16.6. The Kier molecular flexibility index (Phi) is 50.6. The fraction of sp³-hybridized carbons (Fsp3) is 0.867. The summed E-state index contributed by atoms with van der Waals surface area (Å²) in [5, 5.41) is 0. The van der Waals surface area contributed by atoms with Crippen LogP contribution in [0.1, 0.15) is 267 Å². The molecule has 4 atom stereocenters. The molecule has 13 rings (SSSR count). The number of ketones is 1. The number of hydrogen-bond acceptors (Lipinski definition) is 3. The molecule has 1 aliphatic heterocycles. The predicted octanol–water partition coefficient (Wildman–Crippen LogP) is 20.1. The van der Waals surface area contributed by atoms with Crippen molar-refractivity contribution in [3.05, 3.63) is 36.4 Å². The van der Waals surface area contributed by atoms with E-state index in [4.69, 9.17) is 4.74 Å². The van der Waals surface area contributed by atoms with Gasteiger partial charge in [0.15, 0.2) is 0 Å². The number of ether oxygens (including phenoxy) is 1. The Labute approximate surface area is 399 Å². The van der Waals surface area contributed by atoms with Crippen LogP contribution in [0.25, 0.3) is 0 Å². The molecule has 376 valence electrons. The molecular formula is C60H118O3. The number of carbonyl (C=O) groups is 2. The van der Waals surface area contributed by atoms with Gasteiger partial charge in [0.1, 0.15) is 11.9 Å². The van der Waals surface area contributed by atoms with Gasteiger partial charge in [-0.15, -0.1) is 0 Å². The fourth-order valence-electron chi connectivity index (χ4n) is 12.0. The minimum atomic E-state index is 0.0926. The number of benzene rings is 1. The first kappa shape index (κ1) is 67.9. The van der Waals surface area contributed by atoms with Gasteiger partial charge in [-0.05, 0) is 131 Å². The monoisotopic (exact) mass is 887 g/mol. The second kappa shape index (κ2) is 46.9. The lowest BCUT2D eigenvalue weighted by Crippen LogP contribution is -2.45. The lowest BCUT2D eigenvalue weighted by Gasteiger charge is -2.49. The minimum absolute atomic E-state index is 0.0926. The zero-order valence-corrected chi connectivity index (χ0v) is 46.8. The Morgan fingerprint density at radius 1 is 0.317 bits per heavy atom. The second-order valence-electron chi connectivity index (χ2n) is 16.7. The number of rotatable bonds is 0. The molecule has 1 heterocycles. The summed E-state index contributed by atoms with van der Waals surface area (Å²) in [6, 6.07) is 12.0. The van der Waals surface area contributed by atoms with Crippen molar-refractivity contribution in [2.45, 2.75) is 273 Å². The van der Waals surface area contributed by atoms with Gasteiger partial charge >= 0.3 is 5.97 Å². The topological polar surface area (TPSA) is 43.4 Å². The molecule has 0 amide bonds. The average Bonchev–Trinajstić information content (AvgIpc) is 4.04. The third-order valence-electron chi connectivity index (χ3n) is 13.4. The van der Waals surface area contributed by atoms with Crippen LogP contribution in [-0.2, 0) is 14.3 Å². The molecule has 3 heteroatoms. The van der Waals surface area contributed by atoms with Crippen molar-refractivity contribution in [1.29, 1.82) is 0 Å². The quantitative estimate of drug-likeness (QED) is 0.244. The standard InChI is InChI=1S/C10H14O.C10H16.C8H10O2.C6H12.C6H6.10C2H6/c11-10-8-2-6-1-7(4-8)5-9(10)3-6;1-7-2-9-4-8(1)5-10(3-7)6-9;9-8-6-2-4-1-5(6)7(3-4)10-8;2*1-2-4-6-5-3-1;10*1-2/h6-9H,1-5H2;7-10H,1-6H2;4-7H,1-3H2;1-6H2;1-6H;10*1-2H3. The summed E-state index contributed by atoms with van der Waals surface area (Å²) >= 11 is 0. The van der Waals surface area contributed by atoms with E-state index in [-0.39, 0.29) is 5.97 Å². The van der Waals surface area contributed by atoms with E-state index in [0.717, 1.165) is 30.6 Å². The van der Waals surface area contributed by atoms with Crippen LogP contribution in [0.3, 0.4) is 0 Å². The van der Waals surface area contributed by atoms with Crippen LogP contribution in [0.15, 0.2) is 36.4 Å². The SMILES string of the molecule is C1C2CC3CC1CC(C2)C3.C1CCCCC1.CC.CC.CC.CC.CC.CC.CC.CC.CC.CC.O=C1C2CC3CC(C2)CC1C3.O=C1OC2CC3CC1C2C3.c1ccccc1. The predicted molar refractivity (Wildman–Crippen MR) is 286 cm³/mol. The van der Waals surface area contributed by atoms with Gasteiger partial charge in [0.05, 0.1) is 5.92 Å². The Bertz CT molecular complexity index is 934. The maximum atomic E-state index is 11.6. The van der Waals surface area contributed by atoms with Gasteiger partial charge in [-0.1, -0.05) is 213 Å². The maximum absolute atomic E-state index is 11.6. The molecule has 63 heavy (non-hydrogen) atoms. The van der Waals surface area contributed by atoms with E-state index in [1.165, 1.54) is 101 Å². The first-order valence-electron chi connectivity index (χ1n) is 28.8. The fourth-order valence-corrected chi connectivity index (χ4v) is 12.0. The summed E-state index contributed by atoms with van der Waals surface area (Å²) in [7, 11) is 0. The van der Waals surface area contributed by atoms with Crippen molar-refractivity contribution in [2.75, 3.05) is 0 Å². The molecule has 0 radical (unpaired) electrons. The molecule has 3 nitrogen and oxygen atoms in total. The first-order valence-corrected chi connectivity index (χ1v) is 28.8. The molecule has 0 N–H and O–H groups in total. The van der Waals surface area contributed by atoms with Crippen LogP contribution in [0.4, 0.5) is 0 Å². The van der Waals surface area contributed by atoms with Crippen molar-refractivity contribution in [3.63, 3.8) is 0 Å². The summed E-state index contributed by atoms with van der Waals surface area (Å²) in [6.07, 6.45) is 28.9. The number of fused-ring (bicyclic) bond motifs is 1. The largest absolute Gasteiger partial charge is 0.462 e. The van der Waals surface area contributed by atoms with E-state index in [0.29, 0.717) is 35.6 Å². The molecule has 11 saturated carbocycles. The molecule has 12 aliphatic rings. The molecule has 10 bridgehead atoms. The van der Waals surface area contributed by atoms with Crippen molar-refractivity contribution in [2.24, 2.45) is 65.1 Å². The zero-order valence-electron chi connectivity index (χ0n) is 46.8. The van der Waals surface area contributed by atoms with Gasteiger partial charge < -0.3 is 4.74 Å². The Hall–Kier alpha value is -1.64. The third-order valence-corrected chi connectivity index (χ3v) is 13.4. The maximum Gasteiger partial charge on any atom is 0.309 e. The summed E-state index contributed by atoms with van der Waals surface area (Å²) < 4.78 is 5.20. The highest BCUT2D eigenvalue weighted by Crippen LogP contribution is 2.55. The van der Waals surface area contributed by atoms with Crippen LogP contribution in [0, 0.1) is 65.1 Å². The van der Waals surface area contributed by atoms with Crippen LogP contribution >= 0.6 is 0 Å². The molecule has 1 saturated heterocycles. The van der Waals surface area contributed by atoms with Crippen LogP contribution in [0.2, 0.25) is 0 Å².